The molecule has 3 aromatic rings. The lowest BCUT2D eigenvalue weighted by Crippen LogP contribution is -2.30. The number of rotatable bonds is 3. The van der Waals surface area contributed by atoms with Gasteiger partial charge in [-0.1, -0.05) is 18.2 Å². The van der Waals surface area contributed by atoms with E-state index in [0.29, 0.717) is 23.3 Å². The molecule has 2 heterocycles. The Bertz CT molecular complexity index is 891. The number of carbonyl (C=O) groups excluding carboxylic acids is 1. The van der Waals surface area contributed by atoms with E-state index in [4.69, 9.17) is 8.83 Å². The summed E-state index contributed by atoms with van der Waals surface area (Å²) in [6.45, 7) is 2.13. The second-order valence-electron chi connectivity index (χ2n) is 5.16. The number of nitrogens with zero attached hydrogens (tertiary/aromatic N) is 1. The van der Waals surface area contributed by atoms with Crippen molar-refractivity contribution in [3.63, 3.8) is 0 Å². The number of para-hydroxylation sites is 1. The molecule has 0 spiro atoms. The molecule has 0 saturated carbocycles. The van der Waals surface area contributed by atoms with Crippen LogP contribution in [-0.2, 0) is 6.54 Å². The summed E-state index contributed by atoms with van der Waals surface area (Å²) in [5.74, 6) is 1.05. The minimum atomic E-state index is -0.633. The van der Waals surface area contributed by atoms with Crippen molar-refractivity contribution in [3.8, 4) is 0 Å². The van der Waals surface area contributed by atoms with Crippen molar-refractivity contribution in [3.05, 3.63) is 70.0 Å². The maximum absolute atomic E-state index is 12.4. The third-order valence-corrected chi connectivity index (χ3v) is 3.41. The van der Waals surface area contributed by atoms with Gasteiger partial charge in [0.05, 0.1) is 6.54 Å². The summed E-state index contributed by atoms with van der Waals surface area (Å²) in [5, 5.41) is 0.715. The standard InChI is InChI=1S/C17H15NO4/c1-11-7-8-13(21-11)10-18(2)16(19)14-9-12-5-3-4-6-15(12)22-17(14)20/h3-9H,10H2,1-2H3. The van der Waals surface area contributed by atoms with Crippen LogP contribution in [0, 0.1) is 6.92 Å². The number of furan rings is 1. The van der Waals surface area contributed by atoms with Crippen LogP contribution < -0.4 is 5.63 Å². The zero-order chi connectivity index (χ0) is 15.7. The molecule has 0 saturated heterocycles. The number of benzene rings is 1. The summed E-state index contributed by atoms with van der Waals surface area (Å²) in [6.07, 6.45) is 0. The summed E-state index contributed by atoms with van der Waals surface area (Å²) < 4.78 is 10.6. The molecule has 1 aromatic carbocycles. The van der Waals surface area contributed by atoms with Crippen LogP contribution in [0.2, 0.25) is 0 Å². The molecule has 0 bridgehead atoms. The quantitative estimate of drug-likeness (QED) is 0.697. The minimum absolute atomic E-state index is 0.0180. The van der Waals surface area contributed by atoms with Crippen molar-refractivity contribution in [1.29, 1.82) is 0 Å². The predicted octanol–water partition coefficient (Wildman–Crippen LogP) is 2.97. The van der Waals surface area contributed by atoms with Crippen LogP contribution in [0.1, 0.15) is 21.9 Å². The Morgan fingerprint density at radius 1 is 1.14 bits per heavy atom. The summed E-state index contributed by atoms with van der Waals surface area (Å²) in [5.41, 5.74) is -0.149. The van der Waals surface area contributed by atoms with Gasteiger partial charge in [-0.2, -0.15) is 0 Å². The van der Waals surface area contributed by atoms with Crippen LogP contribution >= 0.6 is 0 Å². The maximum Gasteiger partial charge on any atom is 0.349 e. The van der Waals surface area contributed by atoms with E-state index in [1.807, 2.05) is 25.1 Å². The van der Waals surface area contributed by atoms with E-state index >= 15 is 0 Å². The van der Waals surface area contributed by atoms with Crippen LogP contribution in [0.25, 0.3) is 11.0 Å². The number of carbonyl (C=O) groups is 1. The second-order valence-corrected chi connectivity index (χ2v) is 5.16. The molecule has 22 heavy (non-hydrogen) atoms. The molecular formula is C17H15NO4. The molecule has 0 aliphatic rings. The summed E-state index contributed by atoms with van der Waals surface area (Å²) >= 11 is 0. The third kappa shape index (κ3) is 2.65. The van der Waals surface area contributed by atoms with Crippen molar-refractivity contribution < 1.29 is 13.6 Å². The lowest BCUT2D eigenvalue weighted by molar-refractivity contribution is 0.0771. The first-order valence-electron chi connectivity index (χ1n) is 6.88. The van der Waals surface area contributed by atoms with Crippen LogP contribution in [0.4, 0.5) is 0 Å². The normalized spacial score (nSPS) is 10.8. The second kappa shape index (κ2) is 5.52. The Hall–Kier alpha value is -2.82. The highest BCUT2D eigenvalue weighted by atomic mass is 16.4. The average molecular weight is 297 g/mol. The molecule has 0 fully saturated rings. The van der Waals surface area contributed by atoms with Gasteiger partial charge in [-0.25, -0.2) is 4.79 Å². The molecule has 1 amide bonds. The molecule has 2 aromatic heterocycles. The molecule has 0 aliphatic carbocycles. The van der Waals surface area contributed by atoms with Crippen molar-refractivity contribution in [1.82, 2.24) is 4.90 Å². The van der Waals surface area contributed by atoms with Gasteiger partial charge in [0, 0.05) is 12.4 Å². The monoisotopic (exact) mass is 297 g/mol. The number of fused-ring (bicyclic) bond motifs is 1. The van der Waals surface area contributed by atoms with E-state index in [1.165, 1.54) is 4.90 Å². The van der Waals surface area contributed by atoms with Crippen molar-refractivity contribution >= 4 is 16.9 Å². The minimum Gasteiger partial charge on any atom is -0.464 e. The largest absolute Gasteiger partial charge is 0.464 e. The highest BCUT2D eigenvalue weighted by Gasteiger charge is 2.18. The van der Waals surface area contributed by atoms with E-state index in [2.05, 4.69) is 0 Å². The molecule has 0 aliphatic heterocycles. The first-order valence-corrected chi connectivity index (χ1v) is 6.88. The molecule has 0 unspecified atom stereocenters. The first kappa shape index (κ1) is 14.1. The fourth-order valence-electron chi connectivity index (χ4n) is 2.29. The Morgan fingerprint density at radius 3 is 2.64 bits per heavy atom. The first-order chi connectivity index (χ1) is 10.5. The van der Waals surface area contributed by atoms with E-state index in [0.717, 1.165) is 5.76 Å². The lowest BCUT2D eigenvalue weighted by atomic mass is 10.1. The molecule has 0 radical (unpaired) electrons. The highest BCUT2D eigenvalue weighted by Crippen LogP contribution is 2.15. The van der Waals surface area contributed by atoms with Gasteiger partial charge in [0.15, 0.2) is 0 Å². The zero-order valence-electron chi connectivity index (χ0n) is 12.3. The van der Waals surface area contributed by atoms with Crippen LogP contribution in [0.3, 0.4) is 0 Å². The van der Waals surface area contributed by atoms with Gasteiger partial charge in [-0.05, 0) is 31.2 Å². The number of aryl methyl sites for hydroxylation is 1. The fraction of sp³-hybridized carbons (Fsp3) is 0.176. The Kier molecular flexibility index (Phi) is 3.55. The average Bonchev–Trinajstić information content (AvgIpc) is 2.91. The van der Waals surface area contributed by atoms with Crippen molar-refractivity contribution in [2.75, 3.05) is 7.05 Å². The summed E-state index contributed by atoms with van der Waals surface area (Å²) in [7, 11) is 1.62. The Labute approximate surface area is 126 Å². The van der Waals surface area contributed by atoms with Gasteiger partial charge in [0.25, 0.3) is 5.91 Å². The molecule has 112 valence electrons. The molecule has 0 atom stereocenters. The van der Waals surface area contributed by atoms with E-state index in [9.17, 15) is 9.59 Å². The van der Waals surface area contributed by atoms with Gasteiger partial charge < -0.3 is 13.7 Å². The van der Waals surface area contributed by atoms with Gasteiger partial charge in [0.1, 0.15) is 22.7 Å². The van der Waals surface area contributed by atoms with Gasteiger partial charge >= 0.3 is 5.63 Å². The number of amides is 1. The third-order valence-electron chi connectivity index (χ3n) is 3.41. The molecule has 5 nitrogen and oxygen atoms in total. The molecular weight excluding hydrogens is 282 g/mol. The summed E-state index contributed by atoms with van der Waals surface area (Å²) in [4.78, 5) is 25.9. The number of hydrogen-bond donors (Lipinski definition) is 0. The van der Waals surface area contributed by atoms with E-state index in [1.54, 1.807) is 31.3 Å². The molecule has 0 N–H and O–H groups in total. The van der Waals surface area contributed by atoms with Gasteiger partial charge in [0.2, 0.25) is 0 Å². The van der Waals surface area contributed by atoms with Gasteiger partial charge in [-0.15, -0.1) is 0 Å². The van der Waals surface area contributed by atoms with Crippen molar-refractivity contribution in [2.45, 2.75) is 13.5 Å². The lowest BCUT2D eigenvalue weighted by Gasteiger charge is -2.15. The predicted molar refractivity (Wildman–Crippen MR) is 81.7 cm³/mol. The Balaban J connectivity index is 1.91. The highest BCUT2D eigenvalue weighted by molar-refractivity contribution is 5.96. The smallest absolute Gasteiger partial charge is 0.349 e. The fourth-order valence-corrected chi connectivity index (χ4v) is 2.29. The van der Waals surface area contributed by atoms with Crippen LogP contribution in [-0.4, -0.2) is 17.9 Å². The van der Waals surface area contributed by atoms with E-state index in [-0.39, 0.29) is 5.56 Å². The van der Waals surface area contributed by atoms with Crippen LogP contribution in [0.15, 0.2) is 56.1 Å². The van der Waals surface area contributed by atoms with E-state index < -0.39 is 11.5 Å². The van der Waals surface area contributed by atoms with Gasteiger partial charge in [-0.3, -0.25) is 4.79 Å². The number of hydrogen-bond acceptors (Lipinski definition) is 4. The maximum atomic E-state index is 12.4. The van der Waals surface area contributed by atoms with Crippen molar-refractivity contribution in [2.24, 2.45) is 0 Å². The molecule has 5 heteroatoms. The Morgan fingerprint density at radius 2 is 1.91 bits per heavy atom. The SMILES string of the molecule is Cc1ccc(CN(C)C(=O)c2cc3ccccc3oc2=O)o1. The zero-order valence-corrected chi connectivity index (χ0v) is 12.3. The summed E-state index contributed by atoms with van der Waals surface area (Å²) in [6, 6.07) is 12.3. The van der Waals surface area contributed by atoms with Crippen LogP contribution in [0.5, 0.6) is 0 Å². The topological polar surface area (TPSA) is 63.7 Å². The molecule has 3 rings (SSSR count).